The molecule has 1 amide bonds. The number of hydrogen-bond acceptors (Lipinski definition) is 4. The topological polar surface area (TPSA) is 61.8 Å². The molecule has 1 aliphatic carbocycles. The average molecular weight is 256 g/mol. The van der Waals surface area contributed by atoms with E-state index in [1.807, 2.05) is 0 Å². The summed E-state index contributed by atoms with van der Waals surface area (Å²) in [5.41, 5.74) is 0. The fourth-order valence-electron chi connectivity index (χ4n) is 2.66. The van der Waals surface area contributed by atoms with Gasteiger partial charge >= 0.3 is 0 Å². The normalized spacial score (nSPS) is 34.2. The van der Waals surface area contributed by atoms with Crippen LogP contribution in [-0.4, -0.2) is 60.4 Å². The SMILES string of the molecule is CCN1CCOC(C(=O)NC2CCC(O)CC2)C1. The quantitative estimate of drug-likeness (QED) is 0.753. The van der Waals surface area contributed by atoms with E-state index in [9.17, 15) is 9.90 Å². The van der Waals surface area contributed by atoms with Gasteiger partial charge in [-0.2, -0.15) is 0 Å². The van der Waals surface area contributed by atoms with Crippen LogP contribution in [0.25, 0.3) is 0 Å². The molecule has 0 bridgehead atoms. The van der Waals surface area contributed by atoms with Crippen LogP contribution in [0.4, 0.5) is 0 Å². The minimum Gasteiger partial charge on any atom is -0.393 e. The first-order chi connectivity index (χ1) is 8.69. The lowest BCUT2D eigenvalue weighted by Crippen LogP contribution is -2.52. The molecule has 18 heavy (non-hydrogen) atoms. The molecule has 1 heterocycles. The summed E-state index contributed by atoms with van der Waals surface area (Å²) in [6.07, 6.45) is 2.81. The summed E-state index contributed by atoms with van der Waals surface area (Å²) >= 11 is 0. The third kappa shape index (κ3) is 3.67. The van der Waals surface area contributed by atoms with Crippen LogP contribution in [-0.2, 0) is 9.53 Å². The van der Waals surface area contributed by atoms with Gasteiger partial charge in [0.2, 0.25) is 0 Å². The van der Waals surface area contributed by atoms with Gasteiger partial charge in [0, 0.05) is 19.1 Å². The number of carbonyl (C=O) groups excluding carboxylic acids is 1. The number of rotatable bonds is 3. The van der Waals surface area contributed by atoms with Crippen molar-refractivity contribution in [2.24, 2.45) is 0 Å². The standard InChI is InChI=1S/C13H24N2O3/c1-2-15-7-8-18-12(9-15)13(17)14-10-3-5-11(16)6-4-10/h10-12,16H,2-9H2,1H3,(H,14,17). The molecule has 104 valence electrons. The van der Waals surface area contributed by atoms with Crippen LogP contribution < -0.4 is 5.32 Å². The Morgan fingerprint density at radius 2 is 2.11 bits per heavy atom. The predicted octanol–water partition coefficient (Wildman–Crippen LogP) is 0.127. The minimum atomic E-state index is -0.328. The number of likely N-dealkylation sites (N-methyl/N-ethyl adjacent to an activating group) is 1. The summed E-state index contributed by atoms with van der Waals surface area (Å²) in [6, 6.07) is 0.210. The van der Waals surface area contributed by atoms with Crippen LogP contribution in [0.5, 0.6) is 0 Å². The van der Waals surface area contributed by atoms with Crippen molar-refractivity contribution < 1.29 is 14.6 Å². The largest absolute Gasteiger partial charge is 0.393 e. The Hall–Kier alpha value is -0.650. The first kappa shape index (κ1) is 13.8. The molecule has 1 aliphatic heterocycles. The molecular weight excluding hydrogens is 232 g/mol. The molecule has 1 unspecified atom stereocenters. The molecule has 5 heteroatoms. The highest BCUT2D eigenvalue weighted by Gasteiger charge is 2.28. The Bertz CT molecular complexity index is 277. The van der Waals surface area contributed by atoms with Crippen molar-refractivity contribution in [1.82, 2.24) is 10.2 Å². The zero-order valence-corrected chi connectivity index (χ0v) is 11.1. The highest BCUT2D eigenvalue weighted by atomic mass is 16.5. The van der Waals surface area contributed by atoms with Crippen LogP contribution in [0.15, 0.2) is 0 Å². The molecule has 2 aliphatic rings. The maximum atomic E-state index is 12.1. The zero-order chi connectivity index (χ0) is 13.0. The van der Waals surface area contributed by atoms with Crippen molar-refractivity contribution in [2.75, 3.05) is 26.2 Å². The highest BCUT2D eigenvalue weighted by molar-refractivity contribution is 5.81. The number of nitrogens with zero attached hydrogens (tertiary/aromatic N) is 1. The number of carbonyl (C=O) groups is 1. The number of nitrogens with one attached hydrogen (secondary N) is 1. The second-order valence-corrected chi connectivity index (χ2v) is 5.27. The molecule has 1 saturated heterocycles. The molecule has 0 aromatic rings. The van der Waals surface area contributed by atoms with Gasteiger partial charge in [-0.15, -0.1) is 0 Å². The average Bonchev–Trinajstić information content (AvgIpc) is 2.41. The Kier molecular flexibility index (Phi) is 4.97. The van der Waals surface area contributed by atoms with E-state index in [4.69, 9.17) is 4.74 Å². The third-order valence-electron chi connectivity index (χ3n) is 3.93. The molecule has 2 rings (SSSR count). The van der Waals surface area contributed by atoms with Gasteiger partial charge in [-0.3, -0.25) is 9.69 Å². The molecule has 0 aromatic carbocycles. The molecule has 0 spiro atoms. The van der Waals surface area contributed by atoms with Gasteiger partial charge in [0.25, 0.3) is 5.91 Å². The van der Waals surface area contributed by atoms with Gasteiger partial charge in [0.05, 0.1) is 12.7 Å². The van der Waals surface area contributed by atoms with Crippen molar-refractivity contribution in [1.29, 1.82) is 0 Å². The second kappa shape index (κ2) is 6.50. The van der Waals surface area contributed by atoms with Crippen molar-refractivity contribution in [3.63, 3.8) is 0 Å². The second-order valence-electron chi connectivity index (χ2n) is 5.27. The highest BCUT2D eigenvalue weighted by Crippen LogP contribution is 2.18. The minimum absolute atomic E-state index is 0.00883. The fourth-order valence-corrected chi connectivity index (χ4v) is 2.66. The van der Waals surface area contributed by atoms with E-state index in [0.29, 0.717) is 13.2 Å². The van der Waals surface area contributed by atoms with Crippen LogP contribution in [0, 0.1) is 0 Å². The summed E-state index contributed by atoms with van der Waals surface area (Å²) in [6.45, 7) is 5.30. The van der Waals surface area contributed by atoms with Crippen molar-refractivity contribution >= 4 is 5.91 Å². The zero-order valence-electron chi connectivity index (χ0n) is 11.1. The van der Waals surface area contributed by atoms with E-state index in [0.717, 1.165) is 38.8 Å². The number of ether oxygens (including phenoxy) is 1. The maximum absolute atomic E-state index is 12.1. The molecule has 2 fully saturated rings. The van der Waals surface area contributed by atoms with Gasteiger partial charge in [-0.1, -0.05) is 6.92 Å². The lowest BCUT2D eigenvalue weighted by molar-refractivity contribution is -0.139. The molecule has 2 N–H and O–H groups in total. The van der Waals surface area contributed by atoms with Gasteiger partial charge in [0.15, 0.2) is 0 Å². The van der Waals surface area contributed by atoms with E-state index in [2.05, 4.69) is 17.1 Å². The summed E-state index contributed by atoms with van der Waals surface area (Å²) in [4.78, 5) is 14.3. The molecule has 1 saturated carbocycles. The van der Waals surface area contributed by atoms with Gasteiger partial charge in [0.1, 0.15) is 6.10 Å². The van der Waals surface area contributed by atoms with E-state index in [1.165, 1.54) is 0 Å². The third-order valence-corrected chi connectivity index (χ3v) is 3.93. The number of amides is 1. The Morgan fingerprint density at radius 3 is 2.78 bits per heavy atom. The molecular formula is C13H24N2O3. The number of aliphatic hydroxyl groups excluding tert-OH is 1. The van der Waals surface area contributed by atoms with Crippen LogP contribution in [0.3, 0.4) is 0 Å². The fraction of sp³-hybridized carbons (Fsp3) is 0.923. The first-order valence-corrected chi connectivity index (χ1v) is 7.01. The van der Waals surface area contributed by atoms with Crippen molar-refractivity contribution in [2.45, 2.75) is 50.9 Å². The Labute approximate surface area is 108 Å². The Balaban J connectivity index is 1.77. The lowest BCUT2D eigenvalue weighted by atomic mass is 9.93. The van der Waals surface area contributed by atoms with Crippen LogP contribution >= 0.6 is 0 Å². The molecule has 0 radical (unpaired) electrons. The van der Waals surface area contributed by atoms with Crippen molar-refractivity contribution in [3.8, 4) is 0 Å². The lowest BCUT2D eigenvalue weighted by Gasteiger charge is -2.33. The summed E-state index contributed by atoms with van der Waals surface area (Å²) in [5.74, 6) is 0.00883. The van der Waals surface area contributed by atoms with Crippen LogP contribution in [0.1, 0.15) is 32.6 Å². The summed E-state index contributed by atoms with van der Waals surface area (Å²) in [5, 5.41) is 12.5. The van der Waals surface area contributed by atoms with Crippen LogP contribution in [0.2, 0.25) is 0 Å². The molecule has 0 aromatic heterocycles. The van der Waals surface area contributed by atoms with E-state index in [-0.39, 0.29) is 24.2 Å². The maximum Gasteiger partial charge on any atom is 0.250 e. The van der Waals surface area contributed by atoms with Crippen molar-refractivity contribution in [3.05, 3.63) is 0 Å². The number of morpholine rings is 1. The van der Waals surface area contributed by atoms with E-state index < -0.39 is 0 Å². The predicted molar refractivity (Wildman–Crippen MR) is 68.3 cm³/mol. The van der Waals surface area contributed by atoms with Gasteiger partial charge < -0.3 is 15.2 Å². The van der Waals surface area contributed by atoms with Gasteiger partial charge in [-0.25, -0.2) is 0 Å². The monoisotopic (exact) mass is 256 g/mol. The molecule has 5 nitrogen and oxygen atoms in total. The van der Waals surface area contributed by atoms with E-state index in [1.54, 1.807) is 0 Å². The van der Waals surface area contributed by atoms with E-state index >= 15 is 0 Å². The molecule has 1 atom stereocenters. The number of hydrogen-bond donors (Lipinski definition) is 2. The summed E-state index contributed by atoms with van der Waals surface area (Å²) in [7, 11) is 0. The van der Waals surface area contributed by atoms with Gasteiger partial charge in [-0.05, 0) is 32.2 Å². The number of aliphatic hydroxyl groups is 1. The first-order valence-electron chi connectivity index (χ1n) is 7.01. The Morgan fingerprint density at radius 1 is 1.39 bits per heavy atom. The summed E-state index contributed by atoms with van der Waals surface area (Å²) < 4.78 is 5.53. The smallest absolute Gasteiger partial charge is 0.250 e.